The quantitative estimate of drug-likeness (QED) is 0.736. The van der Waals surface area contributed by atoms with Crippen LogP contribution in [0.3, 0.4) is 0 Å². The van der Waals surface area contributed by atoms with Gasteiger partial charge in [-0.3, -0.25) is 0 Å². The number of nitrogens with two attached hydrogens (primary N) is 1. The Hall–Kier alpha value is -1.77. The van der Waals surface area contributed by atoms with Crippen molar-refractivity contribution in [3.8, 4) is 6.07 Å². The average Bonchev–Trinajstić information content (AvgIpc) is 2.39. The number of anilines is 2. The van der Waals surface area contributed by atoms with Gasteiger partial charge in [0.15, 0.2) is 0 Å². The molecule has 1 aromatic rings. The highest BCUT2D eigenvalue weighted by Gasteiger charge is 2.10. The van der Waals surface area contributed by atoms with Crippen LogP contribution in [0.25, 0.3) is 0 Å². The molecule has 0 saturated heterocycles. The van der Waals surface area contributed by atoms with Gasteiger partial charge in [0.2, 0.25) is 0 Å². The first kappa shape index (κ1) is 14.3. The topological polar surface area (TPSA) is 71.5 Å². The second-order valence-corrected chi connectivity index (χ2v) is 3.86. The van der Waals surface area contributed by atoms with E-state index in [0.717, 1.165) is 18.8 Å². The summed E-state index contributed by atoms with van der Waals surface area (Å²) in [5, 5.41) is 8.82. The maximum atomic E-state index is 8.82. The fourth-order valence-electron chi connectivity index (χ4n) is 1.67. The first-order chi connectivity index (χ1) is 8.72. The van der Waals surface area contributed by atoms with Gasteiger partial charge >= 0.3 is 0 Å². The van der Waals surface area contributed by atoms with Gasteiger partial charge in [0, 0.05) is 27.3 Å². The largest absolute Gasteiger partial charge is 0.397 e. The van der Waals surface area contributed by atoms with Gasteiger partial charge in [0.05, 0.1) is 36.2 Å². The number of nitriles is 1. The van der Waals surface area contributed by atoms with Crippen LogP contribution in [0.15, 0.2) is 18.2 Å². The van der Waals surface area contributed by atoms with Crippen LogP contribution >= 0.6 is 0 Å². The molecular weight excluding hydrogens is 230 g/mol. The normalized spacial score (nSPS) is 10.1. The minimum Gasteiger partial charge on any atom is -0.397 e. The molecule has 5 nitrogen and oxygen atoms in total. The molecule has 0 spiro atoms. The predicted octanol–water partition coefficient (Wildman–Crippen LogP) is 1.24. The van der Waals surface area contributed by atoms with Crippen LogP contribution in [-0.2, 0) is 9.47 Å². The first-order valence-corrected chi connectivity index (χ1v) is 5.75. The second kappa shape index (κ2) is 7.54. The SMILES string of the molecule is COCCN(CCOC)c1ccc(C#N)cc1N. The number of nitrogen functional groups attached to an aromatic ring is 1. The molecule has 0 aromatic heterocycles. The number of rotatable bonds is 7. The summed E-state index contributed by atoms with van der Waals surface area (Å²) in [5.41, 5.74) is 8.04. The summed E-state index contributed by atoms with van der Waals surface area (Å²) >= 11 is 0. The van der Waals surface area contributed by atoms with Gasteiger partial charge in [-0.05, 0) is 18.2 Å². The number of hydrogen-bond acceptors (Lipinski definition) is 5. The Balaban J connectivity index is 2.86. The summed E-state index contributed by atoms with van der Waals surface area (Å²) in [6.45, 7) is 2.69. The van der Waals surface area contributed by atoms with Crippen molar-refractivity contribution in [3.05, 3.63) is 23.8 Å². The Labute approximate surface area is 108 Å². The molecule has 0 unspecified atom stereocenters. The molecule has 0 radical (unpaired) electrons. The summed E-state index contributed by atoms with van der Waals surface area (Å²) in [5.74, 6) is 0. The van der Waals surface area contributed by atoms with Crippen molar-refractivity contribution < 1.29 is 9.47 Å². The second-order valence-electron chi connectivity index (χ2n) is 3.86. The van der Waals surface area contributed by atoms with Crippen molar-refractivity contribution in [2.45, 2.75) is 0 Å². The monoisotopic (exact) mass is 249 g/mol. The van der Waals surface area contributed by atoms with Crippen LogP contribution in [0, 0.1) is 11.3 Å². The maximum Gasteiger partial charge on any atom is 0.0992 e. The van der Waals surface area contributed by atoms with Gasteiger partial charge in [0.25, 0.3) is 0 Å². The van der Waals surface area contributed by atoms with E-state index in [4.69, 9.17) is 20.5 Å². The van der Waals surface area contributed by atoms with E-state index in [1.54, 1.807) is 26.4 Å². The third-order valence-corrected chi connectivity index (χ3v) is 2.63. The zero-order chi connectivity index (χ0) is 13.4. The number of ether oxygens (including phenoxy) is 2. The summed E-state index contributed by atoms with van der Waals surface area (Å²) in [7, 11) is 3.33. The lowest BCUT2D eigenvalue weighted by molar-refractivity contribution is 0.190. The Bertz CT molecular complexity index is 407. The standard InChI is InChI=1S/C13H19N3O2/c1-17-7-5-16(6-8-18-2)13-4-3-11(10-14)9-12(13)15/h3-4,9H,5-8,15H2,1-2H3. The minimum atomic E-state index is 0.565. The molecule has 0 amide bonds. The van der Waals surface area contributed by atoms with Crippen LogP contribution in [0.2, 0.25) is 0 Å². The highest BCUT2D eigenvalue weighted by molar-refractivity contribution is 5.69. The maximum absolute atomic E-state index is 8.82. The Morgan fingerprint density at radius 1 is 1.22 bits per heavy atom. The lowest BCUT2D eigenvalue weighted by atomic mass is 10.1. The van der Waals surface area contributed by atoms with E-state index in [1.165, 1.54) is 0 Å². The van der Waals surface area contributed by atoms with Crippen molar-refractivity contribution >= 4 is 11.4 Å². The zero-order valence-corrected chi connectivity index (χ0v) is 10.8. The van der Waals surface area contributed by atoms with Crippen LogP contribution in [-0.4, -0.2) is 40.5 Å². The van der Waals surface area contributed by atoms with Crippen molar-refractivity contribution in [3.63, 3.8) is 0 Å². The average molecular weight is 249 g/mol. The Morgan fingerprint density at radius 2 is 1.83 bits per heavy atom. The molecule has 2 N–H and O–H groups in total. The highest BCUT2D eigenvalue weighted by Crippen LogP contribution is 2.23. The molecule has 0 bridgehead atoms. The molecule has 18 heavy (non-hydrogen) atoms. The summed E-state index contributed by atoms with van der Waals surface area (Å²) in [4.78, 5) is 2.09. The van der Waals surface area contributed by atoms with Gasteiger partial charge in [-0.1, -0.05) is 0 Å². The summed E-state index contributed by atoms with van der Waals surface area (Å²) < 4.78 is 10.2. The van der Waals surface area contributed by atoms with Gasteiger partial charge in [0.1, 0.15) is 0 Å². The van der Waals surface area contributed by atoms with Crippen molar-refractivity contribution in [1.29, 1.82) is 5.26 Å². The van der Waals surface area contributed by atoms with Gasteiger partial charge < -0.3 is 20.1 Å². The van der Waals surface area contributed by atoms with Crippen LogP contribution in [0.4, 0.5) is 11.4 Å². The van der Waals surface area contributed by atoms with Crippen LogP contribution in [0.5, 0.6) is 0 Å². The summed E-state index contributed by atoms with van der Waals surface area (Å²) in [6.07, 6.45) is 0. The molecule has 98 valence electrons. The van der Waals surface area contributed by atoms with Crippen molar-refractivity contribution in [2.24, 2.45) is 0 Å². The third kappa shape index (κ3) is 3.91. The molecule has 0 aliphatic carbocycles. The molecule has 1 rings (SSSR count). The third-order valence-electron chi connectivity index (χ3n) is 2.63. The Morgan fingerprint density at radius 3 is 2.28 bits per heavy atom. The number of nitrogens with zero attached hydrogens (tertiary/aromatic N) is 2. The van der Waals surface area contributed by atoms with Crippen LogP contribution < -0.4 is 10.6 Å². The van der Waals surface area contributed by atoms with Crippen molar-refractivity contribution in [1.82, 2.24) is 0 Å². The number of methoxy groups -OCH3 is 2. The zero-order valence-electron chi connectivity index (χ0n) is 10.8. The van der Waals surface area contributed by atoms with Gasteiger partial charge in [-0.2, -0.15) is 5.26 Å². The molecular formula is C13H19N3O2. The lowest BCUT2D eigenvalue weighted by Crippen LogP contribution is -2.31. The molecule has 5 heteroatoms. The smallest absolute Gasteiger partial charge is 0.0992 e. The Kier molecular flexibility index (Phi) is 5.98. The summed E-state index contributed by atoms with van der Waals surface area (Å²) in [6, 6.07) is 7.38. The van der Waals surface area contributed by atoms with Gasteiger partial charge in [-0.25, -0.2) is 0 Å². The van der Waals surface area contributed by atoms with E-state index in [0.29, 0.717) is 24.5 Å². The van der Waals surface area contributed by atoms with Crippen LogP contribution in [0.1, 0.15) is 5.56 Å². The first-order valence-electron chi connectivity index (χ1n) is 5.75. The van der Waals surface area contributed by atoms with E-state index in [1.807, 2.05) is 6.07 Å². The molecule has 0 aliphatic rings. The number of benzene rings is 1. The molecule has 0 heterocycles. The van der Waals surface area contributed by atoms with E-state index in [2.05, 4.69) is 11.0 Å². The van der Waals surface area contributed by atoms with E-state index in [9.17, 15) is 0 Å². The van der Waals surface area contributed by atoms with Gasteiger partial charge in [-0.15, -0.1) is 0 Å². The molecule has 0 fully saturated rings. The fourth-order valence-corrected chi connectivity index (χ4v) is 1.67. The van der Waals surface area contributed by atoms with E-state index < -0.39 is 0 Å². The van der Waals surface area contributed by atoms with Crippen molar-refractivity contribution in [2.75, 3.05) is 51.2 Å². The molecule has 1 aromatic carbocycles. The number of hydrogen-bond donors (Lipinski definition) is 1. The minimum absolute atomic E-state index is 0.565. The molecule has 0 atom stereocenters. The van der Waals surface area contributed by atoms with E-state index >= 15 is 0 Å². The lowest BCUT2D eigenvalue weighted by Gasteiger charge is -2.25. The highest BCUT2D eigenvalue weighted by atomic mass is 16.5. The fraction of sp³-hybridized carbons (Fsp3) is 0.462. The predicted molar refractivity (Wildman–Crippen MR) is 71.5 cm³/mol. The molecule has 0 aliphatic heterocycles. The van der Waals surface area contributed by atoms with E-state index in [-0.39, 0.29) is 0 Å². The molecule has 0 saturated carbocycles.